The molecule has 1 atom stereocenters. The molecule has 0 fully saturated rings. The van der Waals surface area contributed by atoms with Crippen molar-refractivity contribution >= 4 is 0 Å². The van der Waals surface area contributed by atoms with Crippen LogP contribution in [0.25, 0.3) is 11.3 Å². The summed E-state index contributed by atoms with van der Waals surface area (Å²) < 4.78 is 2.44. The van der Waals surface area contributed by atoms with Crippen LogP contribution in [0, 0.1) is 0 Å². The molecule has 1 aliphatic heterocycles. The molecule has 2 nitrogen and oxygen atoms in total. The lowest BCUT2D eigenvalue weighted by molar-refractivity contribution is 0.654. The molecule has 0 spiro atoms. The number of rotatable bonds is 3. The maximum atomic E-state index is 4.92. The van der Waals surface area contributed by atoms with Crippen LogP contribution >= 0.6 is 0 Å². The monoisotopic (exact) mass is 288 g/mol. The molecule has 2 aromatic carbocycles. The SMILES string of the molecule is CCc1nc2n(c1-c1ccccc1)CC(c1ccccc1)C2. The van der Waals surface area contributed by atoms with Crippen LogP contribution in [0.5, 0.6) is 0 Å². The van der Waals surface area contributed by atoms with Gasteiger partial charge in [-0.15, -0.1) is 0 Å². The van der Waals surface area contributed by atoms with E-state index in [1.54, 1.807) is 0 Å². The first-order chi connectivity index (χ1) is 10.9. The number of aryl methyl sites for hydroxylation is 1. The van der Waals surface area contributed by atoms with Gasteiger partial charge in [0.15, 0.2) is 0 Å². The smallest absolute Gasteiger partial charge is 0.110 e. The van der Waals surface area contributed by atoms with Crippen LogP contribution in [0.2, 0.25) is 0 Å². The summed E-state index contributed by atoms with van der Waals surface area (Å²) in [5, 5.41) is 0. The fraction of sp³-hybridized carbons (Fsp3) is 0.250. The predicted molar refractivity (Wildman–Crippen MR) is 89.9 cm³/mol. The molecule has 2 heterocycles. The highest BCUT2D eigenvalue weighted by atomic mass is 15.1. The van der Waals surface area contributed by atoms with Crippen LogP contribution in [0.4, 0.5) is 0 Å². The fourth-order valence-corrected chi connectivity index (χ4v) is 3.53. The summed E-state index contributed by atoms with van der Waals surface area (Å²) in [5.41, 5.74) is 5.25. The molecular formula is C20H20N2. The number of fused-ring (bicyclic) bond motifs is 1. The first-order valence-corrected chi connectivity index (χ1v) is 8.05. The van der Waals surface area contributed by atoms with Crippen molar-refractivity contribution < 1.29 is 0 Å². The van der Waals surface area contributed by atoms with Crippen molar-refractivity contribution in [1.82, 2.24) is 9.55 Å². The maximum absolute atomic E-state index is 4.92. The third-order valence-electron chi connectivity index (χ3n) is 4.60. The molecule has 1 aliphatic rings. The van der Waals surface area contributed by atoms with Crippen molar-refractivity contribution in [2.75, 3.05) is 0 Å². The van der Waals surface area contributed by atoms with E-state index in [-0.39, 0.29) is 0 Å². The molecule has 0 bridgehead atoms. The summed E-state index contributed by atoms with van der Waals surface area (Å²) in [4.78, 5) is 4.92. The van der Waals surface area contributed by atoms with Gasteiger partial charge in [-0.05, 0) is 12.0 Å². The van der Waals surface area contributed by atoms with Crippen LogP contribution in [0.3, 0.4) is 0 Å². The highest BCUT2D eigenvalue weighted by Gasteiger charge is 2.28. The molecule has 0 aliphatic carbocycles. The molecule has 0 radical (unpaired) electrons. The lowest BCUT2D eigenvalue weighted by Gasteiger charge is -2.12. The minimum atomic E-state index is 0.553. The van der Waals surface area contributed by atoms with Crippen LogP contribution in [0.15, 0.2) is 60.7 Å². The number of hydrogen-bond acceptors (Lipinski definition) is 1. The van der Waals surface area contributed by atoms with Crippen LogP contribution < -0.4 is 0 Å². The zero-order chi connectivity index (χ0) is 14.9. The molecule has 110 valence electrons. The van der Waals surface area contributed by atoms with E-state index in [0.29, 0.717) is 5.92 Å². The van der Waals surface area contributed by atoms with E-state index in [1.807, 2.05) is 0 Å². The van der Waals surface area contributed by atoms with E-state index in [9.17, 15) is 0 Å². The Morgan fingerprint density at radius 3 is 2.36 bits per heavy atom. The van der Waals surface area contributed by atoms with Gasteiger partial charge >= 0.3 is 0 Å². The van der Waals surface area contributed by atoms with Gasteiger partial charge in [0.25, 0.3) is 0 Å². The lowest BCUT2D eigenvalue weighted by atomic mass is 9.98. The zero-order valence-corrected chi connectivity index (χ0v) is 12.9. The highest BCUT2D eigenvalue weighted by molar-refractivity contribution is 5.63. The Morgan fingerprint density at radius 1 is 1.00 bits per heavy atom. The van der Waals surface area contributed by atoms with Crippen molar-refractivity contribution in [1.29, 1.82) is 0 Å². The number of hydrogen-bond donors (Lipinski definition) is 0. The lowest BCUT2D eigenvalue weighted by Crippen LogP contribution is -2.03. The molecular weight excluding hydrogens is 268 g/mol. The van der Waals surface area contributed by atoms with E-state index < -0.39 is 0 Å². The Balaban J connectivity index is 1.75. The minimum absolute atomic E-state index is 0.553. The van der Waals surface area contributed by atoms with Gasteiger partial charge in [-0.25, -0.2) is 4.98 Å². The second-order valence-electron chi connectivity index (χ2n) is 5.97. The summed E-state index contributed by atoms with van der Waals surface area (Å²) in [6, 6.07) is 21.5. The average molecular weight is 288 g/mol. The van der Waals surface area contributed by atoms with Gasteiger partial charge < -0.3 is 4.57 Å². The summed E-state index contributed by atoms with van der Waals surface area (Å²) in [5.74, 6) is 1.79. The van der Waals surface area contributed by atoms with Gasteiger partial charge in [-0.2, -0.15) is 0 Å². The Labute approximate surface area is 131 Å². The molecule has 22 heavy (non-hydrogen) atoms. The average Bonchev–Trinajstić information content (AvgIpc) is 3.13. The molecule has 1 aromatic heterocycles. The molecule has 0 saturated carbocycles. The van der Waals surface area contributed by atoms with E-state index in [2.05, 4.69) is 72.2 Å². The molecule has 4 rings (SSSR count). The van der Waals surface area contributed by atoms with Crippen molar-refractivity contribution in [3.05, 3.63) is 77.7 Å². The summed E-state index contributed by atoms with van der Waals surface area (Å²) in [6.45, 7) is 3.23. The van der Waals surface area contributed by atoms with E-state index in [4.69, 9.17) is 4.98 Å². The number of nitrogens with zero attached hydrogens (tertiary/aromatic N) is 2. The molecule has 3 aromatic rings. The standard InChI is InChI=1S/C20H20N2/c1-2-18-20(16-11-7-4-8-12-16)22-14-17(13-19(22)21-18)15-9-5-3-6-10-15/h3-12,17H,2,13-14H2,1H3. The van der Waals surface area contributed by atoms with Crippen molar-refractivity contribution in [3.8, 4) is 11.3 Å². The molecule has 0 N–H and O–H groups in total. The quantitative estimate of drug-likeness (QED) is 0.696. The van der Waals surface area contributed by atoms with Crippen molar-refractivity contribution in [2.45, 2.75) is 32.2 Å². The number of imidazole rings is 1. The van der Waals surface area contributed by atoms with Gasteiger partial charge in [0.05, 0.1) is 11.4 Å². The van der Waals surface area contributed by atoms with Gasteiger partial charge in [0.2, 0.25) is 0 Å². The topological polar surface area (TPSA) is 17.8 Å². The summed E-state index contributed by atoms with van der Waals surface area (Å²) in [7, 11) is 0. The van der Waals surface area contributed by atoms with E-state index in [1.165, 1.54) is 28.3 Å². The Morgan fingerprint density at radius 2 is 1.68 bits per heavy atom. The van der Waals surface area contributed by atoms with Crippen molar-refractivity contribution in [3.63, 3.8) is 0 Å². The molecule has 0 amide bonds. The van der Waals surface area contributed by atoms with E-state index >= 15 is 0 Å². The molecule has 0 saturated heterocycles. The molecule has 1 unspecified atom stereocenters. The first-order valence-electron chi connectivity index (χ1n) is 8.05. The van der Waals surface area contributed by atoms with Crippen LogP contribution in [-0.4, -0.2) is 9.55 Å². The Hall–Kier alpha value is -2.35. The zero-order valence-electron chi connectivity index (χ0n) is 12.9. The predicted octanol–water partition coefficient (Wildman–Crippen LogP) is 4.45. The fourth-order valence-electron chi connectivity index (χ4n) is 3.53. The third kappa shape index (κ3) is 2.16. The Kier molecular flexibility index (Phi) is 3.30. The maximum Gasteiger partial charge on any atom is 0.110 e. The number of benzene rings is 2. The number of aromatic nitrogens is 2. The second-order valence-corrected chi connectivity index (χ2v) is 5.97. The second kappa shape index (κ2) is 5.45. The van der Waals surface area contributed by atoms with Crippen LogP contribution in [0.1, 0.15) is 29.9 Å². The van der Waals surface area contributed by atoms with Gasteiger partial charge in [-0.3, -0.25) is 0 Å². The van der Waals surface area contributed by atoms with Crippen LogP contribution in [-0.2, 0) is 19.4 Å². The van der Waals surface area contributed by atoms with E-state index in [0.717, 1.165) is 19.4 Å². The van der Waals surface area contributed by atoms with Crippen molar-refractivity contribution in [2.24, 2.45) is 0 Å². The summed E-state index contributed by atoms with van der Waals surface area (Å²) in [6.07, 6.45) is 2.03. The molecule has 2 heteroatoms. The normalized spacial score (nSPS) is 16.7. The van der Waals surface area contributed by atoms with Gasteiger partial charge in [0.1, 0.15) is 5.82 Å². The van der Waals surface area contributed by atoms with Gasteiger partial charge in [-0.1, -0.05) is 67.6 Å². The van der Waals surface area contributed by atoms with Gasteiger partial charge in [0, 0.05) is 24.4 Å². The first kappa shape index (κ1) is 13.3. The summed E-state index contributed by atoms with van der Waals surface area (Å²) >= 11 is 0. The minimum Gasteiger partial charge on any atom is -0.327 e. The largest absolute Gasteiger partial charge is 0.327 e. The Bertz CT molecular complexity index is 772. The highest BCUT2D eigenvalue weighted by Crippen LogP contribution is 2.35. The third-order valence-corrected chi connectivity index (χ3v) is 4.60.